The summed E-state index contributed by atoms with van der Waals surface area (Å²) in [7, 11) is 0. The predicted molar refractivity (Wildman–Crippen MR) is 64.1 cm³/mol. The van der Waals surface area contributed by atoms with Crippen LogP contribution in [-0.4, -0.2) is 4.98 Å². The van der Waals surface area contributed by atoms with Crippen molar-refractivity contribution in [2.24, 2.45) is 0 Å². The van der Waals surface area contributed by atoms with Gasteiger partial charge in [0, 0.05) is 17.7 Å². The second-order valence-electron chi connectivity index (χ2n) is 4.12. The van der Waals surface area contributed by atoms with Crippen LogP contribution in [0.25, 0.3) is 22.6 Å². The summed E-state index contributed by atoms with van der Waals surface area (Å²) < 4.78 is 31.5. The number of nitrogens with zero attached hydrogens (tertiary/aromatic N) is 1. The molecular formula is C14H9F2NO. The van der Waals surface area contributed by atoms with Gasteiger partial charge in [-0.2, -0.15) is 0 Å². The third-order valence-electron chi connectivity index (χ3n) is 2.73. The van der Waals surface area contributed by atoms with Crippen LogP contribution in [0.1, 0.15) is 5.56 Å². The number of hydrogen-bond acceptors (Lipinski definition) is 2. The summed E-state index contributed by atoms with van der Waals surface area (Å²) in [6.07, 6.45) is 0. The van der Waals surface area contributed by atoms with E-state index in [2.05, 4.69) is 4.98 Å². The summed E-state index contributed by atoms with van der Waals surface area (Å²) in [6, 6.07) is 9.59. The van der Waals surface area contributed by atoms with E-state index in [9.17, 15) is 8.78 Å². The molecule has 2 nitrogen and oxygen atoms in total. The summed E-state index contributed by atoms with van der Waals surface area (Å²) in [5.74, 6) is -1.50. The maximum Gasteiger partial charge on any atom is 0.227 e. The minimum absolute atomic E-state index is 0.240. The molecule has 18 heavy (non-hydrogen) atoms. The molecule has 1 heterocycles. The normalized spacial score (nSPS) is 11.1. The van der Waals surface area contributed by atoms with Gasteiger partial charge in [-0.05, 0) is 19.1 Å². The average molecular weight is 245 g/mol. The molecule has 0 bridgehead atoms. The van der Waals surface area contributed by atoms with Gasteiger partial charge in [0.05, 0.1) is 0 Å². The van der Waals surface area contributed by atoms with Crippen LogP contribution in [0, 0.1) is 18.6 Å². The van der Waals surface area contributed by atoms with Gasteiger partial charge >= 0.3 is 0 Å². The first-order chi connectivity index (χ1) is 8.63. The molecule has 0 aliphatic heterocycles. The van der Waals surface area contributed by atoms with Crippen LogP contribution >= 0.6 is 0 Å². The largest absolute Gasteiger partial charge is 0.436 e. The van der Waals surface area contributed by atoms with Crippen molar-refractivity contribution in [3.05, 3.63) is 53.6 Å². The van der Waals surface area contributed by atoms with E-state index in [0.29, 0.717) is 11.4 Å². The van der Waals surface area contributed by atoms with Crippen molar-refractivity contribution in [1.82, 2.24) is 4.98 Å². The van der Waals surface area contributed by atoms with Gasteiger partial charge in [0.2, 0.25) is 5.89 Å². The first kappa shape index (κ1) is 10.9. The van der Waals surface area contributed by atoms with Crippen LogP contribution < -0.4 is 0 Å². The Kier molecular flexibility index (Phi) is 2.37. The zero-order valence-corrected chi connectivity index (χ0v) is 9.58. The number of rotatable bonds is 1. The molecule has 0 amide bonds. The predicted octanol–water partition coefficient (Wildman–Crippen LogP) is 4.08. The van der Waals surface area contributed by atoms with Crippen LogP contribution in [0.4, 0.5) is 8.78 Å². The minimum Gasteiger partial charge on any atom is -0.436 e. The number of fused-ring (bicyclic) bond motifs is 1. The van der Waals surface area contributed by atoms with E-state index in [1.165, 1.54) is 0 Å². The number of hydrogen-bond donors (Lipinski definition) is 0. The highest BCUT2D eigenvalue weighted by Crippen LogP contribution is 2.25. The van der Waals surface area contributed by atoms with Crippen LogP contribution in [0.5, 0.6) is 0 Å². The Morgan fingerprint density at radius 2 is 1.67 bits per heavy atom. The smallest absolute Gasteiger partial charge is 0.227 e. The van der Waals surface area contributed by atoms with Gasteiger partial charge in [0.1, 0.15) is 5.52 Å². The molecule has 1 aromatic heterocycles. The third kappa shape index (κ3) is 1.76. The molecule has 0 atom stereocenters. The minimum atomic E-state index is -0.936. The third-order valence-corrected chi connectivity index (χ3v) is 2.73. The van der Waals surface area contributed by atoms with Crippen molar-refractivity contribution in [2.75, 3.05) is 0 Å². The van der Waals surface area contributed by atoms with Crippen molar-refractivity contribution in [3.63, 3.8) is 0 Å². The highest BCUT2D eigenvalue weighted by atomic mass is 19.2. The fraction of sp³-hybridized carbons (Fsp3) is 0.0714. The molecular weight excluding hydrogens is 236 g/mol. The van der Waals surface area contributed by atoms with Crippen molar-refractivity contribution >= 4 is 11.1 Å². The Labute approximate surface area is 102 Å². The average Bonchev–Trinajstić information content (AvgIpc) is 2.73. The Morgan fingerprint density at radius 1 is 1.00 bits per heavy atom. The van der Waals surface area contributed by atoms with Gasteiger partial charge in [-0.25, -0.2) is 13.8 Å². The van der Waals surface area contributed by atoms with E-state index >= 15 is 0 Å². The first-order valence-electron chi connectivity index (χ1n) is 5.46. The first-order valence-corrected chi connectivity index (χ1v) is 5.46. The quantitative estimate of drug-likeness (QED) is 0.645. The van der Waals surface area contributed by atoms with Crippen LogP contribution in [0.3, 0.4) is 0 Å². The highest BCUT2D eigenvalue weighted by Gasteiger charge is 2.11. The summed E-state index contributed by atoms with van der Waals surface area (Å²) in [5.41, 5.74) is 2.44. The number of halogens is 2. The zero-order chi connectivity index (χ0) is 12.7. The summed E-state index contributed by atoms with van der Waals surface area (Å²) >= 11 is 0. The molecule has 0 aliphatic carbocycles. The molecule has 2 aromatic carbocycles. The van der Waals surface area contributed by atoms with E-state index in [1.807, 2.05) is 31.2 Å². The summed E-state index contributed by atoms with van der Waals surface area (Å²) in [5, 5.41) is 0. The fourth-order valence-corrected chi connectivity index (χ4v) is 1.74. The molecule has 0 N–H and O–H groups in total. The number of aromatic nitrogens is 1. The maximum atomic E-state index is 13.1. The fourth-order valence-electron chi connectivity index (χ4n) is 1.74. The Bertz CT molecular complexity index is 677. The number of oxazole rings is 1. The van der Waals surface area contributed by atoms with Crippen LogP contribution in [0.15, 0.2) is 40.8 Å². The van der Waals surface area contributed by atoms with E-state index in [0.717, 1.165) is 23.3 Å². The maximum absolute atomic E-state index is 13.1. The Morgan fingerprint density at radius 3 is 2.39 bits per heavy atom. The molecule has 0 radical (unpaired) electrons. The molecule has 0 unspecified atom stereocenters. The molecule has 90 valence electrons. The highest BCUT2D eigenvalue weighted by molar-refractivity contribution is 5.76. The second kappa shape index (κ2) is 3.91. The van der Waals surface area contributed by atoms with Gasteiger partial charge in [-0.15, -0.1) is 0 Å². The van der Waals surface area contributed by atoms with Gasteiger partial charge in [0.15, 0.2) is 17.2 Å². The van der Waals surface area contributed by atoms with E-state index in [4.69, 9.17) is 4.42 Å². The van der Waals surface area contributed by atoms with Gasteiger partial charge < -0.3 is 4.42 Å². The molecule has 4 heteroatoms. The van der Waals surface area contributed by atoms with E-state index in [-0.39, 0.29) is 5.58 Å². The Balaban J connectivity index is 2.16. The van der Waals surface area contributed by atoms with E-state index < -0.39 is 11.6 Å². The van der Waals surface area contributed by atoms with Crippen molar-refractivity contribution in [1.29, 1.82) is 0 Å². The summed E-state index contributed by atoms with van der Waals surface area (Å²) in [6.45, 7) is 1.97. The van der Waals surface area contributed by atoms with Gasteiger partial charge in [-0.3, -0.25) is 0 Å². The lowest BCUT2D eigenvalue weighted by atomic mass is 10.1. The SMILES string of the molecule is Cc1ccc(-c2nc3cc(F)c(F)cc3o2)cc1. The number of aryl methyl sites for hydroxylation is 1. The monoisotopic (exact) mass is 245 g/mol. The van der Waals surface area contributed by atoms with Crippen molar-refractivity contribution in [3.8, 4) is 11.5 Å². The van der Waals surface area contributed by atoms with Gasteiger partial charge in [-0.1, -0.05) is 17.7 Å². The molecule has 0 saturated heterocycles. The van der Waals surface area contributed by atoms with Gasteiger partial charge in [0.25, 0.3) is 0 Å². The van der Waals surface area contributed by atoms with Crippen molar-refractivity contribution in [2.45, 2.75) is 6.92 Å². The van der Waals surface area contributed by atoms with Crippen molar-refractivity contribution < 1.29 is 13.2 Å². The molecule has 0 aliphatic rings. The Hall–Kier alpha value is -2.23. The lowest BCUT2D eigenvalue weighted by Gasteiger charge is -1.95. The lowest BCUT2D eigenvalue weighted by Crippen LogP contribution is -1.82. The lowest BCUT2D eigenvalue weighted by molar-refractivity contribution is 0.507. The summed E-state index contributed by atoms with van der Waals surface area (Å²) in [4.78, 5) is 4.14. The molecule has 0 spiro atoms. The molecule has 0 fully saturated rings. The number of benzene rings is 2. The second-order valence-corrected chi connectivity index (χ2v) is 4.12. The van der Waals surface area contributed by atoms with Crippen LogP contribution in [-0.2, 0) is 0 Å². The molecule has 3 aromatic rings. The van der Waals surface area contributed by atoms with Crippen LogP contribution in [0.2, 0.25) is 0 Å². The molecule has 0 saturated carbocycles. The standard InChI is InChI=1S/C14H9F2NO/c1-8-2-4-9(5-3-8)14-17-12-6-10(15)11(16)7-13(12)18-14/h2-7H,1H3. The molecule has 3 rings (SSSR count). The van der Waals surface area contributed by atoms with E-state index in [1.54, 1.807) is 0 Å². The topological polar surface area (TPSA) is 26.0 Å². The zero-order valence-electron chi connectivity index (χ0n) is 9.58.